The molecule has 2 aromatic heterocycles. The molecule has 1 aliphatic heterocycles. The monoisotopic (exact) mass is 824 g/mol. The van der Waals surface area contributed by atoms with Gasteiger partial charge >= 0.3 is 18.2 Å². The van der Waals surface area contributed by atoms with Gasteiger partial charge in [-0.25, -0.2) is 29.3 Å². The van der Waals surface area contributed by atoms with Crippen molar-refractivity contribution in [3.05, 3.63) is 85.2 Å². The van der Waals surface area contributed by atoms with Gasteiger partial charge in [0.2, 0.25) is 11.9 Å². The van der Waals surface area contributed by atoms with E-state index in [0.717, 1.165) is 12.8 Å². The SMILES string of the molecule is Cc1cc(Cl)nc(NC(=O)Nc2ccc(Cl)c(Cl)c2)n1.Cc1cc(NC2CCCN(C(=O)OC(C)(C)C)C2)nc(NC(=O)Nc2ccc(Cl)c(Cl)c2)n1. The third kappa shape index (κ3) is 13.9. The average molecular weight is 827 g/mol. The predicted octanol–water partition coefficient (Wildman–Crippen LogP) is 9.94. The molecule has 2 aromatic carbocycles. The molecule has 0 radical (unpaired) electrons. The molecule has 0 aliphatic carbocycles. The molecule has 4 aromatic rings. The van der Waals surface area contributed by atoms with E-state index in [1.807, 2.05) is 27.7 Å². The normalized spacial score (nSPS) is 13.9. The van der Waals surface area contributed by atoms with Gasteiger partial charge in [0.05, 0.1) is 20.1 Å². The Morgan fingerprint density at radius 1 is 0.717 bits per heavy atom. The molecule has 14 nitrogen and oxygen atoms in total. The van der Waals surface area contributed by atoms with Crippen LogP contribution in [-0.4, -0.2) is 67.7 Å². The van der Waals surface area contributed by atoms with Gasteiger partial charge in [0.15, 0.2) is 0 Å². The van der Waals surface area contributed by atoms with Gasteiger partial charge in [-0.2, -0.15) is 4.98 Å². The second kappa shape index (κ2) is 18.6. The Morgan fingerprint density at radius 2 is 1.25 bits per heavy atom. The maximum Gasteiger partial charge on any atom is 0.410 e. The molecular weight excluding hydrogens is 790 g/mol. The molecule has 0 saturated carbocycles. The van der Waals surface area contributed by atoms with Crippen LogP contribution in [0.25, 0.3) is 0 Å². The second-order valence-electron chi connectivity index (χ2n) is 12.7. The van der Waals surface area contributed by atoms with Crippen molar-refractivity contribution < 1.29 is 19.1 Å². The van der Waals surface area contributed by atoms with Gasteiger partial charge in [0, 0.05) is 48.0 Å². The number of amides is 5. The Bertz CT molecular complexity index is 1940. The molecule has 0 spiro atoms. The van der Waals surface area contributed by atoms with Gasteiger partial charge < -0.3 is 25.6 Å². The van der Waals surface area contributed by atoms with Gasteiger partial charge in [0.1, 0.15) is 16.6 Å². The summed E-state index contributed by atoms with van der Waals surface area (Å²) in [4.78, 5) is 54.8. The lowest BCUT2D eigenvalue weighted by Gasteiger charge is -2.34. The smallest absolute Gasteiger partial charge is 0.410 e. The zero-order valence-electron chi connectivity index (χ0n) is 29.3. The standard InChI is InChI=1S/C22H28Cl2N6O3.C12H9Cl3N4O/c1-13-10-18(26-15-6-5-9-30(12-15)21(32)33-22(2,3)4)28-19(25-13)29-20(31)27-14-7-8-16(23)17(24)11-14;1-6-4-10(15)18-11(16-6)19-12(20)17-7-2-3-8(13)9(14)5-7/h7-8,10-11,15H,5-6,9,12H2,1-4H3,(H3,25,26,27,28,29,31);2-5H,1H3,(H2,16,17,18,19,20). The number of anilines is 5. The number of rotatable bonds is 6. The second-order valence-corrected chi connectivity index (χ2v) is 14.7. The zero-order valence-corrected chi connectivity index (χ0v) is 33.1. The highest BCUT2D eigenvalue weighted by molar-refractivity contribution is 6.42. The summed E-state index contributed by atoms with van der Waals surface area (Å²) in [6.45, 7) is 10.2. The lowest BCUT2D eigenvalue weighted by Crippen LogP contribution is -2.47. The minimum absolute atomic E-state index is 0.00143. The van der Waals surface area contributed by atoms with E-state index in [1.54, 1.807) is 54.3 Å². The molecule has 3 heterocycles. The van der Waals surface area contributed by atoms with Crippen LogP contribution in [-0.2, 0) is 4.74 Å². The van der Waals surface area contributed by atoms with Crippen LogP contribution in [0.15, 0.2) is 48.5 Å². The quantitative estimate of drug-likeness (QED) is 0.119. The number of nitrogens with zero attached hydrogens (tertiary/aromatic N) is 5. The van der Waals surface area contributed by atoms with E-state index in [-0.39, 0.29) is 29.2 Å². The van der Waals surface area contributed by atoms with Crippen molar-refractivity contribution in [3.63, 3.8) is 0 Å². The van der Waals surface area contributed by atoms with Crippen LogP contribution in [0.4, 0.5) is 43.5 Å². The maximum atomic E-state index is 12.4. The summed E-state index contributed by atoms with van der Waals surface area (Å²) in [6, 6.07) is 11.9. The molecule has 1 unspecified atom stereocenters. The number of hydrogen-bond acceptors (Lipinski definition) is 9. The summed E-state index contributed by atoms with van der Waals surface area (Å²) in [5.41, 5.74) is 1.76. The minimum atomic E-state index is -0.542. The van der Waals surface area contributed by atoms with Crippen LogP contribution < -0.4 is 26.6 Å². The Hall–Kier alpha value is -4.34. The van der Waals surface area contributed by atoms with Crippen molar-refractivity contribution in [3.8, 4) is 0 Å². The summed E-state index contributed by atoms with van der Waals surface area (Å²) in [5, 5.41) is 15.4. The first-order valence-electron chi connectivity index (χ1n) is 16.1. The van der Waals surface area contributed by atoms with Gasteiger partial charge in [-0.05, 0) is 89.9 Å². The van der Waals surface area contributed by atoms with E-state index < -0.39 is 17.7 Å². The number of hydrogen-bond donors (Lipinski definition) is 5. The summed E-state index contributed by atoms with van der Waals surface area (Å²) in [7, 11) is 0. The number of aromatic nitrogens is 4. The number of nitrogens with one attached hydrogen (secondary N) is 5. The number of aryl methyl sites for hydroxylation is 2. The van der Waals surface area contributed by atoms with Crippen molar-refractivity contribution in [2.45, 2.75) is 59.1 Å². The van der Waals surface area contributed by atoms with E-state index in [0.29, 0.717) is 61.8 Å². The number of benzene rings is 2. The average Bonchev–Trinajstić information content (AvgIpc) is 3.03. The molecule has 1 fully saturated rings. The highest BCUT2D eigenvalue weighted by Crippen LogP contribution is 2.26. The maximum absolute atomic E-state index is 12.4. The molecule has 19 heteroatoms. The topological polar surface area (TPSA) is 175 Å². The Kier molecular flexibility index (Phi) is 14.5. The fourth-order valence-electron chi connectivity index (χ4n) is 4.76. The van der Waals surface area contributed by atoms with Crippen molar-refractivity contribution in [1.82, 2.24) is 24.8 Å². The van der Waals surface area contributed by atoms with Crippen LogP contribution in [0.3, 0.4) is 0 Å². The predicted molar refractivity (Wildman–Crippen MR) is 211 cm³/mol. The van der Waals surface area contributed by atoms with E-state index >= 15 is 0 Å². The molecule has 53 heavy (non-hydrogen) atoms. The van der Waals surface area contributed by atoms with Crippen molar-refractivity contribution >= 4 is 105 Å². The Labute approximate surface area is 331 Å². The van der Waals surface area contributed by atoms with Gasteiger partial charge in [-0.15, -0.1) is 0 Å². The van der Waals surface area contributed by atoms with Crippen LogP contribution in [0.5, 0.6) is 0 Å². The van der Waals surface area contributed by atoms with Crippen molar-refractivity contribution in [2.75, 3.05) is 39.7 Å². The number of urea groups is 2. The highest BCUT2D eigenvalue weighted by atomic mass is 35.5. The summed E-state index contributed by atoms with van der Waals surface area (Å²) in [5.74, 6) is 0.825. The Balaban J connectivity index is 0.000000267. The van der Waals surface area contributed by atoms with Crippen LogP contribution in [0.2, 0.25) is 25.2 Å². The number of likely N-dealkylation sites (tertiary alicyclic amines) is 1. The number of carbonyl (C=O) groups is 3. The number of halogens is 5. The first-order chi connectivity index (χ1) is 24.9. The van der Waals surface area contributed by atoms with Crippen LogP contribution in [0.1, 0.15) is 45.0 Å². The fraction of sp³-hybridized carbons (Fsp3) is 0.324. The first-order valence-corrected chi connectivity index (χ1v) is 18.0. The summed E-state index contributed by atoms with van der Waals surface area (Å²) in [6.07, 6.45) is 1.40. The molecular formula is C34H37Cl5N10O4. The third-order valence-electron chi connectivity index (χ3n) is 6.91. The number of carbonyl (C=O) groups excluding carboxylic acids is 3. The van der Waals surface area contributed by atoms with E-state index in [2.05, 4.69) is 46.5 Å². The molecule has 1 saturated heterocycles. The molecule has 1 aliphatic rings. The first kappa shape index (κ1) is 41.4. The highest BCUT2D eigenvalue weighted by Gasteiger charge is 2.28. The Morgan fingerprint density at radius 3 is 1.75 bits per heavy atom. The third-order valence-corrected chi connectivity index (χ3v) is 8.58. The van der Waals surface area contributed by atoms with Crippen molar-refractivity contribution in [1.29, 1.82) is 0 Å². The molecule has 1 atom stereocenters. The van der Waals surface area contributed by atoms with E-state index in [1.165, 1.54) is 6.07 Å². The summed E-state index contributed by atoms with van der Waals surface area (Å²) < 4.78 is 5.48. The molecule has 282 valence electrons. The van der Waals surface area contributed by atoms with Crippen LogP contribution >= 0.6 is 58.0 Å². The van der Waals surface area contributed by atoms with Crippen molar-refractivity contribution in [2.24, 2.45) is 0 Å². The van der Waals surface area contributed by atoms with Crippen LogP contribution in [0, 0.1) is 13.8 Å². The molecule has 5 rings (SSSR count). The van der Waals surface area contributed by atoms with E-state index in [9.17, 15) is 14.4 Å². The lowest BCUT2D eigenvalue weighted by atomic mass is 10.1. The zero-order chi connectivity index (χ0) is 38.9. The van der Waals surface area contributed by atoms with Gasteiger partial charge in [0.25, 0.3) is 0 Å². The lowest BCUT2D eigenvalue weighted by molar-refractivity contribution is 0.0206. The van der Waals surface area contributed by atoms with Gasteiger partial charge in [-0.3, -0.25) is 10.6 Å². The molecule has 5 N–H and O–H groups in total. The fourth-order valence-corrected chi connectivity index (χ4v) is 5.59. The number of piperidine rings is 1. The summed E-state index contributed by atoms with van der Waals surface area (Å²) >= 11 is 29.3. The molecule has 0 bridgehead atoms. The van der Waals surface area contributed by atoms with E-state index in [4.69, 9.17) is 62.7 Å². The van der Waals surface area contributed by atoms with Gasteiger partial charge in [-0.1, -0.05) is 58.0 Å². The minimum Gasteiger partial charge on any atom is -0.444 e. The molecule has 5 amide bonds. The number of ether oxygens (including phenoxy) is 1. The largest absolute Gasteiger partial charge is 0.444 e.